The van der Waals surface area contributed by atoms with Gasteiger partial charge in [-0.1, -0.05) is 26.2 Å². The summed E-state index contributed by atoms with van der Waals surface area (Å²) in [5.41, 5.74) is 1.44. The molecular formula is C30H50N4O4. The van der Waals surface area contributed by atoms with Crippen molar-refractivity contribution in [3.63, 3.8) is 0 Å². The van der Waals surface area contributed by atoms with Crippen LogP contribution in [0.3, 0.4) is 0 Å². The fourth-order valence-electron chi connectivity index (χ4n) is 5.70. The van der Waals surface area contributed by atoms with Gasteiger partial charge in [-0.2, -0.15) is 0 Å². The van der Waals surface area contributed by atoms with Crippen LogP contribution in [-0.4, -0.2) is 97.7 Å². The molecule has 0 unspecified atom stereocenters. The summed E-state index contributed by atoms with van der Waals surface area (Å²) in [6.45, 7) is 7.17. The van der Waals surface area contributed by atoms with Crippen LogP contribution in [0.2, 0.25) is 0 Å². The van der Waals surface area contributed by atoms with Crippen LogP contribution in [-0.2, 0) is 16.0 Å². The van der Waals surface area contributed by atoms with Gasteiger partial charge in [0.1, 0.15) is 11.9 Å². The maximum absolute atomic E-state index is 13.4. The van der Waals surface area contributed by atoms with Crippen molar-refractivity contribution in [2.45, 2.75) is 77.4 Å². The molecule has 3 atom stereocenters. The molecule has 1 saturated carbocycles. The normalized spacial score (nSPS) is 21.9. The van der Waals surface area contributed by atoms with E-state index >= 15 is 0 Å². The lowest BCUT2D eigenvalue weighted by atomic mass is 9.89. The predicted octanol–water partition coefficient (Wildman–Crippen LogP) is 3.63. The van der Waals surface area contributed by atoms with Crippen molar-refractivity contribution in [3.8, 4) is 5.75 Å². The van der Waals surface area contributed by atoms with E-state index in [2.05, 4.69) is 29.1 Å². The number of carbonyl (C=O) groups excluding carboxylic acids is 2. The molecule has 214 valence electrons. The van der Waals surface area contributed by atoms with E-state index in [1.165, 1.54) is 32.1 Å². The van der Waals surface area contributed by atoms with Crippen molar-refractivity contribution in [1.29, 1.82) is 0 Å². The lowest BCUT2D eigenvalue weighted by Gasteiger charge is -2.35. The topological polar surface area (TPSA) is 85.3 Å². The molecule has 1 aliphatic carbocycles. The molecule has 1 fully saturated rings. The standard InChI is InChI=1S/C30H50N4O4/c1-22-18-34(23(2)21-35)30(37)17-25-16-26(31-29(36)12-9-15-32(3)4)13-14-27(25)38-28(22)20-33(5)19-24-10-7-6-8-11-24/h13-14,16,22-24,28,35H,6-12,15,17-21H2,1-5H3,(H,31,36)/t22-,23+,28-/m0/s1. The highest BCUT2D eigenvalue weighted by Gasteiger charge is 2.31. The van der Waals surface area contributed by atoms with Crippen LogP contribution in [0.1, 0.15) is 64.4 Å². The average Bonchev–Trinajstić information content (AvgIpc) is 2.91. The van der Waals surface area contributed by atoms with Gasteiger partial charge in [0, 0.05) is 43.2 Å². The predicted molar refractivity (Wildman–Crippen MR) is 152 cm³/mol. The number of carbonyl (C=O) groups is 2. The number of rotatable bonds is 11. The number of benzene rings is 1. The number of fused-ring (bicyclic) bond motifs is 1. The molecule has 1 aliphatic heterocycles. The Hall–Kier alpha value is -2.16. The molecule has 3 rings (SSSR count). The maximum atomic E-state index is 13.4. The van der Waals surface area contributed by atoms with Gasteiger partial charge in [0.25, 0.3) is 0 Å². The second-order valence-electron chi connectivity index (χ2n) is 11.9. The number of aliphatic hydroxyl groups is 1. The van der Waals surface area contributed by atoms with E-state index in [4.69, 9.17) is 4.74 Å². The highest BCUT2D eigenvalue weighted by molar-refractivity contribution is 5.91. The lowest BCUT2D eigenvalue weighted by Crippen LogP contribution is -2.48. The van der Waals surface area contributed by atoms with Crippen LogP contribution < -0.4 is 10.1 Å². The molecule has 1 aromatic carbocycles. The van der Waals surface area contributed by atoms with Crippen molar-refractivity contribution in [2.75, 3.05) is 59.2 Å². The van der Waals surface area contributed by atoms with Gasteiger partial charge in [-0.25, -0.2) is 0 Å². The van der Waals surface area contributed by atoms with Crippen molar-refractivity contribution < 1.29 is 19.4 Å². The molecule has 1 aromatic rings. The Morgan fingerprint density at radius 2 is 1.92 bits per heavy atom. The molecule has 0 aromatic heterocycles. The number of hydrogen-bond donors (Lipinski definition) is 2. The average molecular weight is 531 g/mol. The minimum Gasteiger partial charge on any atom is -0.488 e. The van der Waals surface area contributed by atoms with Gasteiger partial charge >= 0.3 is 0 Å². The SMILES string of the molecule is C[C@H](CO)N1C[C@H](C)[C@H](CN(C)CC2CCCCC2)Oc2ccc(NC(=O)CCCN(C)C)cc2CC1=O. The third-order valence-electron chi connectivity index (χ3n) is 8.00. The molecule has 8 heteroatoms. The van der Waals surface area contributed by atoms with Gasteiger partial charge in [-0.3, -0.25) is 9.59 Å². The van der Waals surface area contributed by atoms with E-state index < -0.39 is 0 Å². The summed E-state index contributed by atoms with van der Waals surface area (Å²) < 4.78 is 6.65. The number of amides is 2. The Kier molecular flexibility index (Phi) is 11.9. The number of ether oxygens (including phenoxy) is 1. The summed E-state index contributed by atoms with van der Waals surface area (Å²) >= 11 is 0. The molecule has 2 amide bonds. The molecule has 0 radical (unpaired) electrons. The number of nitrogens with zero attached hydrogens (tertiary/aromatic N) is 3. The minimum atomic E-state index is -0.272. The smallest absolute Gasteiger partial charge is 0.227 e. The van der Waals surface area contributed by atoms with Crippen LogP contribution in [0.15, 0.2) is 18.2 Å². The highest BCUT2D eigenvalue weighted by atomic mass is 16.5. The molecule has 2 N–H and O–H groups in total. The van der Waals surface area contributed by atoms with Gasteiger partial charge in [0.2, 0.25) is 11.8 Å². The van der Waals surface area contributed by atoms with Crippen LogP contribution in [0, 0.1) is 11.8 Å². The Morgan fingerprint density at radius 3 is 2.61 bits per heavy atom. The van der Waals surface area contributed by atoms with Crippen LogP contribution in [0.5, 0.6) is 5.75 Å². The van der Waals surface area contributed by atoms with E-state index in [9.17, 15) is 14.7 Å². The number of nitrogens with one attached hydrogen (secondary N) is 1. The van der Waals surface area contributed by atoms with E-state index in [1.54, 1.807) is 4.90 Å². The second-order valence-corrected chi connectivity index (χ2v) is 11.9. The highest BCUT2D eigenvalue weighted by Crippen LogP contribution is 2.30. The quantitative estimate of drug-likeness (QED) is 0.455. The summed E-state index contributed by atoms with van der Waals surface area (Å²) in [6.07, 6.45) is 7.90. The van der Waals surface area contributed by atoms with Crippen molar-refractivity contribution in [2.24, 2.45) is 11.8 Å². The van der Waals surface area contributed by atoms with Gasteiger partial charge in [0.05, 0.1) is 19.1 Å². The molecule has 8 nitrogen and oxygen atoms in total. The van der Waals surface area contributed by atoms with E-state index in [0.29, 0.717) is 24.4 Å². The number of likely N-dealkylation sites (N-methyl/N-ethyl adjacent to an activating group) is 1. The fraction of sp³-hybridized carbons (Fsp3) is 0.733. The van der Waals surface area contributed by atoms with Gasteiger partial charge in [-0.15, -0.1) is 0 Å². The zero-order valence-corrected chi connectivity index (χ0v) is 24.2. The van der Waals surface area contributed by atoms with Crippen LogP contribution in [0.25, 0.3) is 0 Å². The molecule has 0 bridgehead atoms. The first-order valence-electron chi connectivity index (χ1n) is 14.5. The first-order valence-corrected chi connectivity index (χ1v) is 14.5. The molecule has 1 heterocycles. The molecule has 0 saturated heterocycles. The number of anilines is 1. The second kappa shape index (κ2) is 14.8. The summed E-state index contributed by atoms with van der Waals surface area (Å²) in [6, 6.07) is 5.36. The molecular weight excluding hydrogens is 480 g/mol. The molecule has 38 heavy (non-hydrogen) atoms. The zero-order chi connectivity index (χ0) is 27.7. The lowest BCUT2D eigenvalue weighted by molar-refractivity contribution is -0.134. The Labute approximate surface area is 229 Å². The molecule has 0 spiro atoms. The summed E-state index contributed by atoms with van der Waals surface area (Å²) in [5.74, 6) is 1.46. The largest absolute Gasteiger partial charge is 0.488 e. The number of aliphatic hydroxyl groups excluding tert-OH is 1. The molecule has 2 aliphatic rings. The number of hydrogen-bond acceptors (Lipinski definition) is 6. The zero-order valence-electron chi connectivity index (χ0n) is 24.2. The Bertz CT molecular complexity index is 902. The Balaban J connectivity index is 1.78. The minimum absolute atomic E-state index is 0.0334. The van der Waals surface area contributed by atoms with E-state index in [-0.39, 0.29) is 42.9 Å². The van der Waals surface area contributed by atoms with Gasteiger partial charge < -0.3 is 29.9 Å². The van der Waals surface area contributed by atoms with Crippen molar-refractivity contribution in [1.82, 2.24) is 14.7 Å². The first kappa shape index (κ1) is 30.4. The maximum Gasteiger partial charge on any atom is 0.227 e. The van der Waals surface area contributed by atoms with Crippen molar-refractivity contribution in [3.05, 3.63) is 23.8 Å². The third-order valence-corrected chi connectivity index (χ3v) is 8.00. The van der Waals surface area contributed by atoms with Crippen molar-refractivity contribution >= 4 is 17.5 Å². The van der Waals surface area contributed by atoms with E-state index in [1.807, 2.05) is 39.2 Å². The van der Waals surface area contributed by atoms with Gasteiger partial charge in [0.15, 0.2) is 0 Å². The monoisotopic (exact) mass is 530 g/mol. The van der Waals surface area contributed by atoms with Gasteiger partial charge in [-0.05, 0) is 78.0 Å². The third kappa shape index (κ3) is 9.24. The van der Waals surface area contributed by atoms with Crippen LogP contribution >= 0.6 is 0 Å². The summed E-state index contributed by atoms with van der Waals surface area (Å²) in [4.78, 5) is 32.2. The van der Waals surface area contributed by atoms with Crippen LogP contribution in [0.4, 0.5) is 5.69 Å². The summed E-state index contributed by atoms with van der Waals surface area (Å²) in [5, 5.41) is 12.9. The van der Waals surface area contributed by atoms with E-state index in [0.717, 1.165) is 37.5 Å². The Morgan fingerprint density at radius 1 is 1.18 bits per heavy atom. The fourth-order valence-corrected chi connectivity index (χ4v) is 5.70. The summed E-state index contributed by atoms with van der Waals surface area (Å²) in [7, 11) is 6.16. The first-order chi connectivity index (χ1) is 18.2.